The van der Waals surface area contributed by atoms with Crippen molar-refractivity contribution in [3.05, 3.63) is 70.2 Å². The summed E-state index contributed by atoms with van der Waals surface area (Å²) >= 11 is 6.07. The van der Waals surface area contributed by atoms with E-state index in [9.17, 15) is 9.59 Å². The van der Waals surface area contributed by atoms with Gasteiger partial charge in [-0.25, -0.2) is 0 Å². The average Bonchev–Trinajstić information content (AvgIpc) is 3.02. The molecule has 27 heavy (non-hydrogen) atoms. The van der Waals surface area contributed by atoms with Crippen LogP contribution in [-0.4, -0.2) is 35.2 Å². The SMILES string of the molecule is Cc1ccc(CN2CC(C(=O)N(C)C(C)c3cccc(Cl)c3)CC2=O)cc1. The number of rotatable bonds is 5. The topological polar surface area (TPSA) is 40.6 Å². The van der Waals surface area contributed by atoms with Crippen LogP contribution in [0, 0.1) is 12.8 Å². The molecule has 1 aliphatic rings. The van der Waals surface area contributed by atoms with Crippen LogP contribution >= 0.6 is 11.6 Å². The molecular weight excluding hydrogens is 360 g/mol. The first-order chi connectivity index (χ1) is 12.8. The van der Waals surface area contributed by atoms with Gasteiger partial charge in [-0.2, -0.15) is 0 Å². The predicted molar refractivity (Wildman–Crippen MR) is 107 cm³/mol. The first kappa shape index (κ1) is 19.4. The van der Waals surface area contributed by atoms with Gasteiger partial charge in [-0.05, 0) is 37.1 Å². The quantitative estimate of drug-likeness (QED) is 0.774. The third kappa shape index (κ3) is 4.51. The molecule has 3 rings (SSSR count). The molecule has 2 unspecified atom stereocenters. The molecule has 2 atom stereocenters. The minimum absolute atomic E-state index is 0.00207. The number of hydrogen-bond acceptors (Lipinski definition) is 2. The van der Waals surface area contributed by atoms with Crippen molar-refractivity contribution < 1.29 is 9.59 Å². The minimum Gasteiger partial charge on any atom is -0.339 e. The smallest absolute Gasteiger partial charge is 0.228 e. The number of nitrogens with zero attached hydrogens (tertiary/aromatic N) is 2. The number of benzene rings is 2. The summed E-state index contributed by atoms with van der Waals surface area (Å²) in [7, 11) is 1.79. The van der Waals surface area contributed by atoms with Gasteiger partial charge in [0.2, 0.25) is 11.8 Å². The maximum absolute atomic E-state index is 12.9. The average molecular weight is 385 g/mol. The van der Waals surface area contributed by atoms with Gasteiger partial charge in [-0.15, -0.1) is 0 Å². The molecule has 0 saturated carbocycles. The minimum atomic E-state index is -0.297. The zero-order valence-corrected chi connectivity index (χ0v) is 16.7. The van der Waals surface area contributed by atoms with Crippen molar-refractivity contribution in [2.24, 2.45) is 5.92 Å². The van der Waals surface area contributed by atoms with Crippen LogP contribution in [0.15, 0.2) is 48.5 Å². The van der Waals surface area contributed by atoms with E-state index in [1.807, 2.05) is 62.4 Å². The van der Waals surface area contributed by atoms with E-state index in [0.717, 1.165) is 11.1 Å². The van der Waals surface area contributed by atoms with Crippen LogP contribution in [0.1, 0.15) is 36.1 Å². The normalized spacial score (nSPS) is 17.9. The van der Waals surface area contributed by atoms with Crippen molar-refractivity contribution in [1.29, 1.82) is 0 Å². The Labute approximate surface area is 165 Å². The monoisotopic (exact) mass is 384 g/mol. The highest BCUT2D eigenvalue weighted by atomic mass is 35.5. The lowest BCUT2D eigenvalue weighted by Gasteiger charge is -2.28. The van der Waals surface area contributed by atoms with Gasteiger partial charge in [0.25, 0.3) is 0 Å². The molecular formula is C22H25ClN2O2. The number of hydrogen-bond donors (Lipinski definition) is 0. The largest absolute Gasteiger partial charge is 0.339 e. The van der Waals surface area contributed by atoms with Crippen molar-refractivity contribution in [2.75, 3.05) is 13.6 Å². The summed E-state index contributed by atoms with van der Waals surface area (Å²) in [6.45, 7) is 5.04. The van der Waals surface area contributed by atoms with Crippen molar-refractivity contribution in [1.82, 2.24) is 9.80 Å². The fourth-order valence-electron chi connectivity index (χ4n) is 3.47. The molecule has 1 heterocycles. The molecule has 0 bridgehead atoms. The molecule has 0 radical (unpaired) electrons. The Morgan fingerprint density at radius 3 is 2.63 bits per heavy atom. The summed E-state index contributed by atoms with van der Waals surface area (Å²) in [5.74, 6) is -0.255. The lowest BCUT2D eigenvalue weighted by molar-refractivity contribution is -0.136. The summed E-state index contributed by atoms with van der Waals surface area (Å²) in [4.78, 5) is 28.9. The molecule has 1 saturated heterocycles. The molecule has 2 aromatic carbocycles. The summed E-state index contributed by atoms with van der Waals surface area (Å²) in [5, 5.41) is 0.653. The third-order valence-electron chi connectivity index (χ3n) is 5.32. The highest BCUT2D eigenvalue weighted by molar-refractivity contribution is 6.30. The molecule has 2 amide bonds. The van der Waals surface area contributed by atoms with Crippen LogP contribution in [0.25, 0.3) is 0 Å². The Kier molecular flexibility index (Phi) is 5.85. The predicted octanol–water partition coefficient (Wildman–Crippen LogP) is 4.22. The molecule has 2 aromatic rings. The number of carbonyl (C=O) groups is 2. The zero-order valence-electron chi connectivity index (χ0n) is 16.0. The Bertz CT molecular complexity index is 834. The van der Waals surface area contributed by atoms with Gasteiger partial charge >= 0.3 is 0 Å². The Morgan fingerprint density at radius 2 is 1.96 bits per heavy atom. The number of amides is 2. The highest BCUT2D eigenvalue weighted by Crippen LogP contribution is 2.27. The van der Waals surface area contributed by atoms with Gasteiger partial charge in [-0.3, -0.25) is 9.59 Å². The van der Waals surface area contributed by atoms with Crippen LogP contribution in [0.4, 0.5) is 0 Å². The lowest BCUT2D eigenvalue weighted by atomic mass is 10.0. The molecule has 0 spiro atoms. The van der Waals surface area contributed by atoms with Gasteiger partial charge < -0.3 is 9.80 Å². The molecule has 5 heteroatoms. The third-order valence-corrected chi connectivity index (χ3v) is 5.55. The molecule has 0 aliphatic carbocycles. The summed E-state index contributed by atoms with van der Waals surface area (Å²) in [6.07, 6.45) is 0.275. The van der Waals surface area contributed by atoms with Crippen LogP contribution in [-0.2, 0) is 16.1 Å². The van der Waals surface area contributed by atoms with Crippen LogP contribution in [0.2, 0.25) is 5.02 Å². The number of likely N-dealkylation sites (tertiary alicyclic amines) is 1. The maximum atomic E-state index is 12.9. The van der Waals surface area contributed by atoms with Gasteiger partial charge in [0.15, 0.2) is 0 Å². The van der Waals surface area contributed by atoms with Crippen molar-refractivity contribution >= 4 is 23.4 Å². The van der Waals surface area contributed by atoms with Gasteiger partial charge in [0.1, 0.15) is 0 Å². The molecule has 1 fully saturated rings. The van der Waals surface area contributed by atoms with E-state index in [0.29, 0.717) is 18.1 Å². The first-order valence-corrected chi connectivity index (χ1v) is 9.58. The molecule has 0 aromatic heterocycles. The Balaban J connectivity index is 1.65. The van der Waals surface area contributed by atoms with Gasteiger partial charge in [-0.1, -0.05) is 53.6 Å². The van der Waals surface area contributed by atoms with Crippen molar-refractivity contribution in [2.45, 2.75) is 32.9 Å². The second-order valence-corrected chi connectivity index (χ2v) is 7.78. The van der Waals surface area contributed by atoms with Crippen LogP contribution in [0.3, 0.4) is 0 Å². The first-order valence-electron chi connectivity index (χ1n) is 9.20. The summed E-state index contributed by atoms with van der Waals surface area (Å²) < 4.78 is 0. The fraction of sp³-hybridized carbons (Fsp3) is 0.364. The van der Waals surface area contributed by atoms with Crippen LogP contribution < -0.4 is 0 Å². The Hall–Kier alpha value is -2.33. The molecule has 1 aliphatic heterocycles. The number of carbonyl (C=O) groups excluding carboxylic acids is 2. The second kappa shape index (κ2) is 8.13. The molecule has 0 N–H and O–H groups in total. The van der Waals surface area contributed by atoms with E-state index in [4.69, 9.17) is 11.6 Å². The van der Waals surface area contributed by atoms with Crippen molar-refractivity contribution in [3.8, 4) is 0 Å². The highest BCUT2D eigenvalue weighted by Gasteiger charge is 2.36. The maximum Gasteiger partial charge on any atom is 0.228 e. The molecule has 142 valence electrons. The Morgan fingerprint density at radius 1 is 1.26 bits per heavy atom. The van der Waals surface area contributed by atoms with E-state index in [-0.39, 0.29) is 30.2 Å². The van der Waals surface area contributed by atoms with Crippen molar-refractivity contribution in [3.63, 3.8) is 0 Å². The van der Waals surface area contributed by atoms with Crippen LogP contribution in [0.5, 0.6) is 0 Å². The number of aryl methyl sites for hydroxylation is 1. The fourth-order valence-corrected chi connectivity index (χ4v) is 3.67. The molecule has 4 nitrogen and oxygen atoms in total. The summed E-state index contributed by atoms with van der Waals surface area (Å²) in [6, 6.07) is 15.6. The van der Waals surface area contributed by atoms with E-state index in [2.05, 4.69) is 0 Å². The number of halogens is 1. The van der Waals surface area contributed by atoms with E-state index >= 15 is 0 Å². The zero-order chi connectivity index (χ0) is 19.6. The summed E-state index contributed by atoms with van der Waals surface area (Å²) in [5.41, 5.74) is 3.26. The van der Waals surface area contributed by atoms with E-state index in [1.165, 1.54) is 5.56 Å². The second-order valence-electron chi connectivity index (χ2n) is 7.34. The van der Waals surface area contributed by atoms with E-state index in [1.54, 1.807) is 16.8 Å². The standard InChI is InChI=1S/C22H25ClN2O2/c1-15-7-9-17(10-8-15)13-25-14-19(12-21(25)26)22(27)24(3)16(2)18-5-4-6-20(23)11-18/h4-11,16,19H,12-14H2,1-3H3. The van der Waals surface area contributed by atoms with Gasteiger partial charge in [0.05, 0.1) is 12.0 Å². The van der Waals surface area contributed by atoms with E-state index < -0.39 is 0 Å². The van der Waals surface area contributed by atoms with Gasteiger partial charge in [0, 0.05) is 31.6 Å². The lowest BCUT2D eigenvalue weighted by Crippen LogP contribution is -2.36.